The molecule has 0 aliphatic carbocycles. The van der Waals surface area contributed by atoms with Gasteiger partial charge >= 0.3 is 14.2 Å². The second-order valence-electron chi connectivity index (χ2n) is 10.9. The zero-order valence-corrected chi connectivity index (χ0v) is 23.0. The van der Waals surface area contributed by atoms with Crippen molar-refractivity contribution in [2.24, 2.45) is 0 Å². The summed E-state index contributed by atoms with van der Waals surface area (Å²) in [5.74, 6) is 11.6. The molecule has 1 aromatic carbocycles. The minimum atomic E-state index is -3.84. The average molecular weight is 499 g/mol. The fourth-order valence-corrected chi connectivity index (χ4v) is 4.57. The van der Waals surface area contributed by atoms with E-state index in [1.54, 1.807) is 24.3 Å². The first-order valence-corrected chi connectivity index (χ1v) is 13.2. The largest absolute Gasteiger partial charge is 0.551 e. The van der Waals surface area contributed by atoms with Crippen molar-refractivity contribution in [3.05, 3.63) is 29.8 Å². The number of benzene rings is 1. The van der Waals surface area contributed by atoms with E-state index in [4.69, 9.17) is 18.6 Å². The first kappa shape index (κ1) is 27.8. The number of rotatable bonds is 4. The van der Waals surface area contributed by atoms with Gasteiger partial charge in [-0.1, -0.05) is 41.2 Å². The van der Waals surface area contributed by atoms with Crippen LogP contribution in [-0.2, 0) is 28.6 Å². The molecule has 1 aromatic rings. The molecule has 2 heterocycles. The van der Waals surface area contributed by atoms with Crippen LogP contribution in [0.5, 0.6) is 0 Å². The maximum absolute atomic E-state index is 13.4. The molecule has 35 heavy (non-hydrogen) atoms. The third-order valence-corrected chi connectivity index (χ3v) is 8.92. The molecular weight excluding hydrogens is 464 g/mol. The summed E-state index contributed by atoms with van der Waals surface area (Å²) in [6.45, 7) is 17.3. The van der Waals surface area contributed by atoms with Gasteiger partial charge in [0.15, 0.2) is 0 Å². The summed E-state index contributed by atoms with van der Waals surface area (Å²) in [5, 5.41) is 0. The zero-order chi connectivity index (χ0) is 26.3. The lowest BCUT2D eigenvalue weighted by molar-refractivity contribution is 0.00578. The molecule has 2 aliphatic rings. The maximum atomic E-state index is 13.4. The van der Waals surface area contributed by atoms with Gasteiger partial charge in [0.05, 0.1) is 40.4 Å². The minimum absolute atomic E-state index is 0.0711. The van der Waals surface area contributed by atoms with E-state index in [0.717, 1.165) is 5.56 Å². The molecule has 10 heteroatoms. The Morgan fingerprint density at radius 1 is 0.714 bits per heavy atom. The van der Waals surface area contributed by atoms with Crippen LogP contribution in [0.1, 0.15) is 61.0 Å². The Balaban J connectivity index is 1.80. The van der Waals surface area contributed by atoms with E-state index >= 15 is 0 Å². The van der Waals surface area contributed by atoms with Crippen LogP contribution in [0.3, 0.4) is 0 Å². The Morgan fingerprint density at radius 2 is 1.06 bits per heavy atom. The predicted octanol–water partition coefficient (Wildman–Crippen LogP) is 3.26. The highest BCUT2D eigenvalue weighted by Gasteiger charge is 2.51. The first-order valence-electron chi connectivity index (χ1n) is 11.7. The highest BCUT2D eigenvalue weighted by Crippen LogP contribution is 2.37. The van der Waals surface area contributed by atoms with Gasteiger partial charge in [-0.2, -0.15) is 4.31 Å². The van der Waals surface area contributed by atoms with Gasteiger partial charge < -0.3 is 18.6 Å². The highest BCUT2D eigenvalue weighted by atomic mass is 32.2. The van der Waals surface area contributed by atoms with Gasteiger partial charge in [-0.05, 0) is 74.4 Å². The molecule has 2 saturated heterocycles. The summed E-state index contributed by atoms with van der Waals surface area (Å²) < 4.78 is 51.5. The van der Waals surface area contributed by atoms with Crippen LogP contribution >= 0.6 is 0 Å². The molecule has 0 N–H and O–H groups in total. The van der Waals surface area contributed by atoms with E-state index in [9.17, 15) is 8.42 Å². The molecule has 7 nitrogen and oxygen atoms in total. The molecule has 2 aliphatic heterocycles. The number of sulfonamides is 1. The van der Waals surface area contributed by atoms with Gasteiger partial charge in [-0.3, -0.25) is 0 Å². The Morgan fingerprint density at radius 3 is 1.40 bits per heavy atom. The maximum Gasteiger partial charge on any atom is 0.551 e. The Hall–Kier alpha value is -1.78. The Bertz CT molecular complexity index is 1080. The van der Waals surface area contributed by atoms with Crippen molar-refractivity contribution in [3.63, 3.8) is 0 Å². The van der Waals surface area contributed by atoms with Gasteiger partial charge in [-0.25, -0.2) is 8.42 Å². The van der Waals surface area contributed by atoms with Crippen molar-refractivity contribution in [1.82, 2.24) is 4.31 Å². The molecule has 0 bridgehead atoms. The van der Waals surface area contributed by atoms with Crippen LogP contribution in [0.15, 0.2) is 29.2 Å². The lowest BCUT2D eigenvalue weighted by Gasteiger charge is -2.32. The van der Waals surface area contributed by atoms with Gasteiger partial charge in [-0.15, -0.1) is 0 Å². The number of hydrogen-bond donors (Lipinski definition) is 0. The molecule has 2 fully saturated rings. The third kappa shape index (κ3) is 5.97. The van der Waals surface area contributed by atoms with E-state index in [1.807, 2.05) is 62.3 Å². The third-order valence-electron chi connectivity index (χ3n) is 7.12. The van der Waals surface area contributed by atoms with Crippen molar-refractivity contribution in [3.8, 4) is 23.5 Å². The SMILES string of the molecule is Cc1ccc(S(=O)(=O)N(CC#CB2OC(C)(C)C(C)(C)O2)CC#CB2OC(C)(C)C(C)(C)O2)cc1. The standard InChI is InChI=1S/C25H35B2NO6S/c1-20-12-14-21(15-13-20)35(29,30)28(18-10-16-26-31-22(2,3)23(4,5)32-26)19-11-17-27-33-24(6,7)25(8,9)34-27/h12-15H,18-19H2,1-9H3. The van der Waals surface area contributed by atoms with Gasteiger partial charge in [0.2, 0.25) is 10.0 Å². The van der Waals surface area contributed by atoms with Gasteiger partial charge in [0, 0.05) is 0 Å². The van der Waals surface area contributed by atoms with Crippen molar-refractivity contribution in [2.45, 2.75) is 89.6 Å². The van der Waals surface area contributed by atoms with Crippen molar-refractivity contribution in [2.75, 3.05) is 13.1 Å². The molecule has 0 radical (unpaired) electrons. The van der Waals surface area contributed by atoms with Crippen LogP contribution in [0.4, 0.5) is 0 Å². The molecule has 188 valence electrons. The summed E-state index contributed by atoms with van der Waals surface area (Å²) in [5.41, 5.74) is -1.11. The Kier molecular flexibility index (Phi) is 7.62. The van der Waals surface area contributed by atoms with E-state index in [1.165, 1.54) is 4.31 Å². The van der Waals surface area contributed by atoms with Gasteiger partial charge in [0.1, 0.15) is 0 Å². The number of aryl methyl sites for hydroxylation is 1. The highest BCUT2D eigenvalue weighted by molar-refractivity contribution is 7.89. The van der Waals surface area contributed by atoms with Crippen LogP contribution in [0, 0.1) is 30.4 Å². The van der Waals surface area contributed by atoms with E-state index in [-0.39, 0.29) is 18.0 Å². The summed E-state index contributed by atoms with van der Waals surface area (Å²) in [7, 11) is -5.31. The second-order valence-corrected chi connectivity index (χ2v) is 12.8. The number of hydrogen-bond acceptors (Lipinski definition) is 6. The smallest absolute Gasteiger partial charge is 0.392 e. The van der Waals surface area contributed by atoms with E-state index in [0.29, 0.717) is 0 Å². The fourth-order valence-electron chi connectivity index (χ4n) is 3.32. The molecule has 0 spiro atoms. The minimum Gasteiger partial charge on any atom is -0.392 e. The van der Waals surface area contributed by atoms with E-state index in [2.05, 4.69) is 23.5 Å². The molecular formula is C25H35B2NO6S. The molecule has 0 unspecified atom stereocenters. The molecule has 3 rings (SSSR count). The summed E-state index contributed by atoms with van der Waals surface area (Å²) in [4.78, 5) is 0.179. The monoisotopic (exact) mass is 499 g/mol. The van der Waals surface area contributed by atoms with Gasteiger partial charge in [0.25, 0.3) is 0 Å². The van der Waals surface area contributed by atoms with Crippen molar-refractivity contribution in [1.29, 1.82) is 0 Å². The van der Waals surface area contributed by atoms with Crippen LogP contribution in [-0.4, -0.2) is 62.5 Å². The zero-order valence-electron chi connectivity index (χ0n) is 22.2. The topological polar surface area (TPSA) is 74.3 Å². The van der Waals surface area contributed by atoms with Crippen molar-refractivity contribution >= 4 is 24.3 Å². The Labute approximate surface area is 211 Å². The molecule has 0 aromatic heterocycles. The molecule has 0 amide bonds. The quantitative estimate of drug-likeness (QED) is 0.468. The van der Waals surface area contributed by atoms with Crippen LogP contribution in [0.25, 0.3) is 0 Å². The lowest BCUT2D eigenvalue weighted by atomic mass is 9.90. The normalized spacial score (nSPS) is 21.9. The predicted molar refractivity (Wildman–Crippen MR) is 138 cm³/mol. The summed E-state index contributed by atoms with van der Waals surface area (Å²) in [6, 6.07) is 6.69. The second kappa shape index (κ2) is 9.59. The fraction of sp³-hybridized carbons (Fsp3) is 0.600. The molecule has 0 saturated carbocycles. The average Bonchev–Trinajstić information content (AvgIpc) is 3.05. The van der Waals surface area contributed by atoms with Crippen LogP contribution < -0.4 is 0 Å². The van der Waals surface area contributed by atoms with Crippen LogP contribution in [0.2, 0.25) is 0 Å². The lowest BCUT2D eigenvalue weighted by Crippen LogP contribution is -2.41. The summed E-state index contributed by atoms with van der Waals surface area (Å²) in [6.07, 6.45) is 0. The van der Waals surface area contributed by atoms with Crippen molar-refractivity contribution < 1.29 is 27.0 Å². The summed E-state index contributed by atoms with van der Waals surface area (Å²) >= 11 is 0. The first-order chi connectivity index (χ1) is 16.0. The molecule has 0 atom stereocenters. The van der Waals surface area contributed by atoms with E-state index < -0.39 is 46.7 Å². The number of nitrogens with zero attached hydrogens (tertiary/aromatic N) is 1.